The van der Waals surface area contributed by atoms with Gasteiger partial charge in [-0.2, -0.15) is 0 Å². The monoisotopic (exact) mass is 307 g/mol. The molecule has 0 atom stereocenters. The van der Waals surface area contributed by atoms with Crippen molar-refractivity contribution < 1.29 is 9.18 Å². The topological polar surface area (TPSA) is 20.3 Å². The second-order valence-corrected chi connectivity index (χ2v) is 6.24. The molecule has 1 aromatic rings. The van der Waals surface area contributed by atoms with E-state index < -0.39 is 5.82 Å². The molecule has 1 aliphatic carbocycles. The number of allylic oxidation sites excluding steroid dienone is 1. The molecule has 1 aromatic carbocycles. The number of hydrogen-bond acceptors (Lipinski definition) is 1. The minimum atomic E-state index is -0.414. The average molecular weight is 308 g/mol. The summed E-state index contributed by atoms with van der Waals surface area (Å²) in [7, 11) is 0. The SMILES string of the molecule is O=C(CCc1ccc(F)c(Cl)c1)N1CCC(=C2CC2)CC1. The molecule has 21 heavy (non-hydrogen) atoms. The molecule has 0 radical (unpaired) electrons. The van der Waals surface area contributed by atoms with Gasteiger partial charge < -0.3 is 4.90 Å². The Kier molecular flexibility index (Phi) is 4.29. The van der Waals surface area contributed by atoms with Crippen LogP contribution in [-0.4, -0.2) is 23.9 Å². The molecule has 2 fully saturated rings. The number of nitrogens with zero attached hydrogens (tertiary/aromatic N) is 1. The Morgan fingerprint density at radius 3 is 2.43 bits per heavy atom. The lowest BCUT2D eigenvalue weighted by molar-refractivity contribution is -0.131. The number of carbonyl (C=O) groups excluding carboxylic acids is 1. The van der Waals surface area contributed by atoms with Crippen molar-refractivity contribution in [2.75, 3.05) is 13.1 Å². The van der Waals surface area contributed by atoms with Crippen LogP contribution < -0.4 is 0 Å². The van der Waals surface area contributed by atoms with Gasteiger partial charge in [-0.15, -0.1) is 0 Å². The lowest BCUT2D eigenvalue weighted by atomic mass is 10.0. The highest BCUT2D eigenvalue weighted by Gasteiger charge is 2.24. The molecule has 1 saturated carbocycles. The highest BCUT2D eigenvalue weighted by atomic mass is 35.5. The van der Waals surface area contributed by atoms with Gasteiger partial charge in [-0.1, -0.05) is 28.8 Å². The summed E-state index contributed by atoms with van der Waals surface area (Å²) >= 11 is 5.75. The molecule has 0 N–H and O–H groups in total. The molecular formula is C17H19ClFNO. The van der Waals surface area contributed by atoms with Gasteiger partial charge in [0.1, 0.15) is 5.82 Å². The van der Waals surface area contributed by atoms with Crippen molar-refractivity contribution in [3.63, 3.8) is 0 Å². The standard InChI is InChI=1S/C17H19ClFNO/c18-15-11-12(1-5-16(15)19)2-6-17(21)20-9-7-14(8-10-20)13-3-4-13/h1,5,11H,2-4,6-10H2. The summed E-state index contributed by atoms with van der Waals surface area (Å²) < 4.78 is 13.1. The molecule has 2 nitrogen and oxygen atoms in total. The van der Waals surface area contributed by atoms with E-state index in [0.717, 1.165) is 31.5 Å². The fraction of sp³-hybridized carbons (Fsp3) is 0.471. The maximum absolute atomic E-state index is 13.1. The lowest BCUT2D eigenvalue weighted by Crippen LogP contribution is -2.36. The van der Waals surface area contributed by atoms with Crippen LogP contribution in [0, 0.1) is 5.82 Å². The number of amides is 1. The number of aryl methyl sites for hydroxylation is 1. The normalized spacial score (nSPS) is 18.1. The molecule has 1 saturated heterocycles. The number of benzene rings is 1. The van der Waals surface area contributed by atoms with E-state index in [4.69, 9.17) is 11.6 Å². The van der Waals surface area contributed by atoms with Crippen molar-refractivity contribution in [1.29, 1.82) is 0 Å². The minimum Gasteiger partial charge on any atom is -0.342 e. The number of rotatable bonds is 3. The van der Waals surface area contributed by atoms with Crippen LogP contribution in [0.25, 0.3) is 0 Å². The summed E-state index contributed by atoms with van der Waals surface area (Å²) in [6, 6.07) is 4.66. The highest BCUT2D eigenvalue weighted by molar-refractivity contribution is 6.30. The van der Waals surface area contributed by atoms with Crippen LogP contribution in [0.4, 0.5) is 4.39 Å². The summed E-state index contributed by atoms with van der Waals surface area (Å²) in [6.07, 6.45) is 5.72. The van der Waals surface area contributed by atoms with Crippen molar-refractivity contribution in [2.45, 2.75) is 38.5 Å². The maximum atomic E-state index is 13.1. The Morgan fingerprint density at radius 2 is 1.81 bits per heavy atom. The van der Waals surface area contributed by atoms with Crippen LogP contribution in [-0.2, 0) is 11.2 Å². The van der Waals surface area contributed by atoms with Crippen LogP contribution in [0.3, 0.4) is 0 Å². The van der Waals surface area contributed by atoms with E-state index in [2.05, 4.69) is 0 Å². The lowest BCUT2D eigenvalue weighted by Gasteiger charge is -2.28. The maximum Gasteiger partial charge on any atom is 0.222 e. The fourth-order valence-corrected chi connectivity index (χ4v) is 3.10. The predicted octanol–water partition coefficient (Wildman–Crippen LogP) is 4.12. The van der Waals surface area contributed by atoms with Gasteiger partial charge in [0.2, 0.25) is 5.91 Å². The third-order valence-electron chi connectivity index (χ3n) is 4.33. The molecule has 3 rings (SSSR count). The summed E-state index contributed by atoms with van der Waals surface area (Å²) in [5.74, 6) is -0.223. The molecule has 0 bridgehead atoms. The van der Waals surface area contributed by atoms with Crippen molar-refractivity contribution >= 4 is 17.5 Å². The van der Waals surface area contributed by atoms with Crippen molar-refractivity contribution in [1.82, 2.24) is 4.90 Å². The largest absolute Gasteiger partial charge is 0.342 e. The molecule has 2 aliphatic rings. The second kappa shape index (κ2) is 6.18. The summed E-state index contributed by atoms with van der Waals surface area (Å²) in [5.41, 5.74) is 4.12. The first-order valence-corrected chi connectivity index (χ1v) is 7.93. The van der Waals surface area contributed by atoms with Crippen molar-refractivity contribution in [3.8, 4) is 0 Å². The Bertz CT molecular complexity index is 580. The molecule has 1 heterocycles. The van der Waals surface area contributed by atoms with Gasteiger partial charge in [-0.05, 0) is 49.8 Å². The van der Waals surface area contributed by atoms with Crippen LogP contribution in [0.5, 0.6) is 0 Å². The smallest absolute Gasteiger partial charge is 0.222 e. The highest BCUT2D eigenvalue weighted by Crippen LogP contribution is 2.36. The van der Waals surface area contributed by atoms with E-state index in [1.54, 1.807) is 23.3 Å². The van der Waals surface area contributed by atoms with Gasteiger partial charge in [0, 0.05) is 19.5 Å². The molecule has 0 aromatic heterocycles. The molecule has 0 unspecified atom stereocenters. The van der Waals surface area contributed by atoms with E-state index in [1.807, 2.05) is 4.90 Å². The van der Waals surface area contributed by atoms with E-state index in [1.165, 1.54) is 18.9 Å². The van der Waals surface area contributed by atoms with Gasteiger partial charge in [0.15, 0.2) is 0 Å². The van der Waals surface area contributed by atoms with Crippen LogP contribution in [0.15, 0.2) is 29.3 Å². The number of piperidine rings is 1. The number of halogens is 2. The van der Waals surface area contributed by atoms with E-state index in [0.29, 0.717) is 12.8 Å². The minimum absolute atomic E-state index is 0.124. The first-order valence-electron chi connectivity index (χ1n) is 7.55. The molecule has 112 valence electrons. The predicted molar refractivity (Wildman–Crippen MR) is 81.8 cm³/mol. The van der Waals surface area contributed by atoms with Gasteiger partial charge in [-0.25, -0.2) is 4.39 Å². The van der Waals surface area contributed by atoms with E-state index >= 15 is 0 Å². The van der Waals surface area contributed by atoms with Crippen molar-refractivity contribution in [3.05, 3.63) is 45.7 Å². The molecule has 1 aliphatic heterocycles. The van der Waals surface area contributed by atoms with Crippen LogP contribution >= 0.6 is 11.6 Å². The van der Waals surface area contributed by atoms with E-state index in [-0.39, 0.29) is 10.9 Å². The first-order chi connectivity index (χ1) is 10.1. The third kappa shape index (κ3) is 3.65. The summed E-state index contributed by atoms with van der Waals surface area (Å²) in [6.45, 7) is 1.70. The first kappa shape index (κ1) is 14.6. The van der Waals surface area contributed by atoms with Gasteiger partial charge in [0.25, 0.3) is 0 Å². The zero-order chi connectivity index (χ0) is 14.8. The zero-order valence-corrected chi connectivity index (χ0v) is 12.8. The quantitative estimate of drug-likeness (QED) is 0.769. The van der Waals surface area contributed by atoms with Crippen LogP contribution in [0.2, 0.25) is 5.02 Å². The van der Waals surface area contributed by atoms with Crippen molar-refractivity contribution in [2.24, 2.45) is 0 Å². The van der Waals surface area contributed by atoms with E-state index in [9.17, 15) is 9.18 Å². The fourth-order valence-electron chi connectivity index (χ4n) is 2.90. The Labute approximate surface area is 129 Å². The molecular weight excluding hydrogens is 289 g/mol. The molecule has 4 heteroatoms. The number of hydrogen-bond donors (Lipinski definition) is 0. The number of carbonyl (C=O) groups is 1. The van der Waals surface area contributed by atoms with Gasteiger partial charge in [-0.3, -0.25) is 4.79 Å². The average Bonchev–Trinajstić information content (AvgIpc) is 3.33. The second-order valence-electron chi connectivity index (χ2n) is 5.84. The molecule has 1 amide bonds. The Hall–Kier alpha value is -1.35. The van der Waals surface area contributed by atoms with Gasteiger partial charge >= 0.3 is 0 Å². The Balaban J connectivity index is 1.50. The zero-order valence-electron chi connectivity index (χ0n) is 12.0. The van der Waals surface area contributed by atoms with Gasteiger partial charge in [0.05, 0.1) is 5.02 Å². The van der Waals surface area contributed by atoms with Crippen LogP contribution in [0.1, 0.15) is 37.7 Å². The number of likely N-dealkylation sites (tertiary alicyclic amines) is 1. The molecule has 0 spiro atoms. The Morgan fingerprint density at radius 1 is 1.14 bits per heavy atom. The summed E-state index contributed by atoms with van der Waals surface area (Å²) in [4.78, 5) is 14.2. The summed E-state index contributed by atoms with van der Waals surface area (Å²) in [5, 5.41) is 0.124. The third-order valence-corrected chi connectivity index (χ3v) is 4.62.